The molecular weight excluding hydrogens is 222 g/mol. The number of methoxy groups -OCH3 is 1. The van der Waals surface area contributed by atoms with Crippen molar-refractivity contribution in [1.29, 1.82) is 0 Å². The highest BCUT2D eigenvalue weighted by Crippen LogP contribution is 2.14. The molecule has 0 aromatic carbocycles. The van der Waals surface area contributed by atoms with Crippen LogP contribution in [0.1, 0.15) is 0 Å². The summed E-state index contributed by atoms with van der Waals surface area (Å²) in [6, 6.07) is 3.62. The maximum atomic E-state index is 11.1. The Labute approximate surface area is 97.8 Å². The number of esters is 1. The average Bonchev–Trinajstić information content (AvgIpc) is 2.67. The third-order valence-electron chi connectivity index (χ3n) is 2.37. The molecule has 0 fully saturated rings. The molecule has 2 N–H and O–H groups in total. The second-order valence-corrected chi connectivity index (χ2v) is 3.59. The quantitative estimate of drug-likeness (QED) is 0.749. The molecule has 0 radical (unpaired) electrons. The number of carbonyl (C=O) groups excluding carboxylic acids is 1. The molecular formula is C10H13N5O2. The van der Waals surface area contributed by atoms with Crippen LogP contribution >= 0.6 is 0 Å². The molecule has 2 aromatic rings. The van der Waals surface area contributed by atoms with Crippen molar-refractivity contribution in [2.75, 3.05) is 31.3 Å². The van der Waals surface area contributed by atoms with E-state index in [1.54, 1.807) is 28.7 Å². The van der Waals surface area contributed by atoms with E-state index in [0.717, 1.165) is 5.69 Å². The molecule has 0 amide bonds. The Morgan fingerprint density at radius 2 is 2.41 bits per heavy atom. The van der Waals surface area contributed by atoms with Gasteiger partial charge in [-0.1, -0.05) is 0 Å². The summed E-state index contributed by atoms with van der Waals surface area (Å²) in [6.07, 6.45) is 1.74. The van der Waals surface area contributed by atoms with Crippen LogP contribution in [0.25, 0.3) is 5.65 Å². The van der Waals surface area contributed by atoms with Gasteiger partial charge in [-0.15, -0.1) is 5.10 Å². The molecule has 0 spiro atoms. The standard InChI is InChI=1S/C10H13N5O2/c1-14(6-9(16)17-2)7-3-4-15-8(5-7)12-10(11)13-15/h3-5H,6H2,1-2H3,(H2,11,13). The van der Waals surface area contributed by atoms with Crippen LogP contribution in [0, 0.1) is 0 Å². The second kappa shape index (κ2) is 4.28. The number of ether oxygens (including phenoxy) is 1. The van der Waals surface area contributed by atoms with Crippen molar-refractivity contribution in [3.05, 3.63) is 18.3 Å². The average molecular weight is 235 g/mol. The summed E-state index contributed by atoms with van der Waals surface area (Å²) in [4.78, 5) is 16.9. The van der Waals surface area contributed by atoms with Gasteiger partial charge in [-0.05, 0) is 6.07 Å². The SMILES string of the molecule is COC(=O)CN(C)c1ccn2nc(N)nc2c1. The van der Waals surface area contributed by atoms with E-state index in [9.17, 15) is 4.79 Å². The molecule has 90 valence electrons. The number of nitrogens with two attached hydrogens (primary N) is 1. The van der Waals surface area contributed by atoms with E-state index < -0.39 is 0 Å². The summed E-state index contributed by atoms with van der Waals surface area (Å²) in [7, 11) is 3.15. The van der Waals surface area contributed by atoms with Gasteiger partial charge < -0.3 is 15.4 Å². The molecule has 0 aliphatic rings. The molecule has 2 aromatic heterocycles. The smallest absolute Gasteiger partial charge is 0.325 e. The molecule has 2 rings (SSSR count). The van der Waals surface area contributed by atoms with E-state index in [4.69, 9.17) is 5.73 Å². The van der Waals surface area contributed by atoms with Crippen molar-refractivity contribution < 1.29 is 9.53 Å². The molecule has 0 aliphatic heterocycles. The molecule has 7 nitrogen and oxygen atoms in total. The van der Waals surface area contributed by atoms with E-state index >= 15 is 0 Å². The number of aromatic nitrogens is 3. The summed E-state index contributed by atoms with van der Waals surface area (Å²) in [5.41, 5.74) is 6.97. The van der Waals surface area contributed by atoms with Crippen LogP contribution in [0.2, 0.25) is 0 Å². The number of rotatable bonds is 3. The normalized spacial score (nSPS) is 10.5. The zero-order valence-corrected chi connectivity index (χ0v) is 9.62. The minimum atomic E-state index is -0.298. The van der Waals surface area contributed by atoms with Gasteiger partial charge in [0.05, 0.1) is 7.11 Å². The number of nitrogens with zero attached hydrogens (tertiary/aromatic N) is 4. The van der Waals surface area contributed by atoms with Crippen molar-refractivity contribution in [1.82, 2.24) is 14.6 Å². The first-order chi connectivity index (χ1) is 8.10. The number of hydrogen-bond acceptors (Lipinski definition) is 6. The minimum Gasteiger partial charge on any atom is -0.468 e. The number of fused-ring (bicyclic) bond motifs is 1. The third-order valence-corrected chi connectivity index (χ3v) is 2.37. The molecule has 0 bridgehead atoms. The first kappa shape index (κ1) is 11.2. The molecule has 0 atom stereocenters. The topological polar surface area (TPSA) is 85.8 Å². The third kappa shape index (κ3) is 2.27. The van der Waals surface area contributed by atoms with Gasteiger partial charge in [0.2, 0.25) is 5.95 Å². The molecule has 2 heterocycles. The van der Waals surface area contributed by atoms with Gasteiger partial charge in [0.1, 0.15) is 6.54 Å². The maximum absolute atomic E-state index is 11.1. The fourth-order valence-electron chi connectivity index (χ4n) is 1.47. The number of pyridine rings is 1. The van der Waals surface area contributed by atoms with E-state index in [2.05, 4.69) is 14.8 Å². The Bertz CT molecular complexity index is 551. The van der Waals surface area contributed by atoms with E-state index in [1.807, 2.05) is 6.07 Å². The Hall–Kier alpha value is -2.31. The van der Waals surface area contributed by atoms with Gasteiger partial charge in [-0.3, -0.25) is 4.79 Å². The summed E-state index contributed by atoms with van der Waals surface area (Å²) >= 11 is 0. The predicted octanol–water partition coefficient (Wildman–Crippen LogP) is -0.0793. The van der Waals surface area contributed by atoms with Crippen LogP contribution < -0.4 is 10.6 Å². The monoisotopic (exact) mass is 235 g/mol. The van der Waals surface area contributed by atoms with Gasteiger partial charge in [0.15, 0.2) is 5.65 Å². The lowest BCUT2D eigenvalue weighted by atomic mass is 10.3. The number of nitrogen functional groups attached to an aromatic ring is 1. The zero-order chi connectivity index (χ0) is 12.4. The van der Waals surface area contributed by atoms with E-state index in [-0.39, 0.29) is 18.5 Å². The van der Waals surface area contributed by atoms with Crippen LogP contribution in [0.4, 0.5) is 11.6 Å². The molecule has 17 heavy (non-hydrogen) atoms. The Balaban J connectivity index is 2.26. The van der Waals surface area contributed by atoms with Crippen molar-refractivity contribution in [2.45, 2.75) is 0 Å². The van der Waals surface area contributed by atoms with Gasteiger partial charge in [0.25, 0.3) is 0 Å². The number of carbonyl (C=O) groups is 1. The van der Waals surface area contributed by atoms with Crippen LogP contribution in [-0.4, -0.2) is 41.3 Å². The number of likely N-dealkylation sites (N-methyl/N-ethyl adjacent to an activating group) is 1. The van der Waals surface area contributed by atoms with Gasteiger partial charge in [-0.25, -0.2) is 4.52 Å². The molecule has 7 heteroatoms. The lowest BCUT2D eigenvalue weighted by Gasteiger charge is -2.17. The lowest BCUT2D eigenvalue weighted by Crippen LogP contribution is -2.26. The van der Waals surface area contributed by atoms with E-state index in [0.29, 0.717) is 5.65 Å². The summed E-state index contributed by atoms with van der Waals surface area (Å²) < 4.78 is 6.17. The molecule has 0 unspecified atom stereocenters. The Morgan fingerprint density at radius 1 is 1.65 bits per heavy atom. The van der Waals surface area contributed by atoms with Crippen LogP contribution in [-0.2, 0) is 9.53 Å². The first-order valence-electron chi connectivity index (χ1n) is 5.00. The van der Waals surface area contributed by atoms with Crippen molar-refractivity contribution in [3.63, 3.8) is 0 Å². The lowest BCUT2D eigenvalue weighted by molar-refractivity contribution is -0.138. The van der Waals surface area contributed by atoms with Gasteiger partial charge in [-0.2, -0.15) is 4.98 Å². The molecule has 0 aliphatic carbocycles. The first-order valence-corrected chi connectivity index (χ1v) is 5.00. The minimum absolute atomic E-state index is 0.177. The highest BCUT2D eigenvalue weighted by molar-refractivity contribution is 5.75. The van der Waals surface area contributed by atoms with Crippen LogP contribution in [0.5, 0.6) is 0 Å². The highest BCUT2D eigenvalue weighted by atomic mass is 16.5. The van der Waals surface area contributed by atoms with Crippen molar-refractivity contribution in [2.24, 2.45) is 0 Å². The largest absolute Gasteiger partial charge is 0.468 e. The van der Waals surface area contributed by atoms with Crippen LogP contribution in [0.15, 0.2) is 18.3 Å². The predicted molar refractivity (Wildman–Crippen MR) is 62.7 cm³/mol. The summed E-state index contributed by atoms with van der Waals surface area (Å²) in [6.45, 7) is 0.177. The molecule has 0 saturated heterocycles. The second-order valence-electron chi connectivity index (χ2n) is 3.59. The Kier molecular flexibility index (Phi) is 2.82. The summed E-state index contributed by atoms with van der Waals surface area (Å²) in [5, 5.41) is 3.96. The van der Waals surface area contributed by atoms with Crippen molar-refractivity contribution >= 4 is 23.3 Å². The van der Waals surface area contributed by atoms with E-state index in [1.165, 1.54) is 7.11 Å². The highest BCUT2D eigenvalue weighted by Gasteiger charge is 2.09. The zero-order valence-electron chi connectivity index (χ0n) is 9.62. The fraction of sp³-hybridized carbons (Fsp3) is 0.300. The number of hydrogen-bond donors (Lipinski definition) is 1. The Morgan fingerprint density at radius 3 is 3.12 bits per heavy atom. The number of anilines is 2. The summed E-state index contributed by atoms with van der Waals surface area (Å²) in [5.74, 6) is -0.0777. The van der Waals surface area contributed by atoms with Gasteiger partial charge in [0, 0.05) is 25.0 Å². The maximum Gasteiger partial charge on any atom is 0.325 e. The van der Waals surface area contributed by atoms with Gasteiger partial charge >= 0.3 is 5.97 Å². The fourth-order valence-corrected chi connectivity index (χ4v) is 1.47. The van der Waals surface area contributed by atoms with Crippen LogP contribution in [0.3, 0.4) is 0 Å². The van der Waals surface area contributed by atoms with Crippen molar-refractivity contribution in [3.8, 4) is 0 Å². The molecule has 0 saturated carbocycles.